The summed E-state index contributed by atoms with van der Waals surface area (Å²) in [6, 6.07) is 5.49. The van der Waals surface area contributed by atoms with E-state index in [-0.39, 0.29) is 17.9 Å². The Bertz CT molecular complexity index is 460. The highest BCUT2D eigenvalue weighted by Gasteiger charge is 2.33. The predicted molar refractivity (Wildman–Crippen MR) is 67.2 cm³/mol. The lowest BCUT2D eigenvalue weighted by molar-refractivity contribution is -0.00461. The van der Waals surface area contributed by atoms with Gasteiger partial charge in [-0.3, -0.25) is 0 Å². The number of nitrogens with two attached hydrogens (primary N) is 1. The lowest BCUT2D eigenvalue weighted by atomic mass is 10.3. The Morgan fingerprint density at radius 1 is 1.33 bits per heavy atom. The maximum absolute atomic E-state index is 8.92. The second-order valence-electron chi connectivity index (χ2n) is 4.17. The Morgan fingerprint density at radius 2 is 1.94 bits per heavy atom. The van der Waals surface area contributed by atoms with Gasteiger partial charge >= 0.3 is 0 Å². The van der Waals surface area contributed by atoms with Crippen LogP contribution >= 0.6 is 0 Å². The largest absolute Gasteiger partial charge is 0.396 e. The van der Waals surface area contributed by atoms with E-state index in [0.29, 0.717) is 18.8 Å². The molecular formula is C12H16N4O2. The van der Waals surface area contributed by atoms with Gasteiger partial charge in [0.05, 0.1) is 5.69 Å². The zero-order valence-corrected chi connectivity index (χ0v) is 10.5. The number of hydrogen-bond acceptors (Lipinski definition) is 6. The first kappa shape index (κ1) is 12.6. The number of ether oxygens (including phenoxy) is 2. The minimum atomic E-state index is 0.0138. The second kappa shape index (κ2) is 5.21. The normalized spacial score (nSPS) is 23.1. The maximum Gasteiger partial charge on any atom is 0.165 e. The molecule has 0 bridgehead atoms. The molecule has 0 saturated carbocycles. The highest BCUT2D eigenvalue weighted by Crippen LogP contribution is 2.23. The number of hydrogen-bond donors (Lipinski definition) is 1. The average Bonchev–Trinajstić information content (AvgIpc) is 2.82. The first-order valence-electron chi connectivity index (χ1n) is 5.66. The fourth-order valence-electron chi connectivity index (χ4n) is 2.11. The Kier molecular flexibility index (Phi) is 3.65. The molecule has 2 rings (SSSR count). The first-order chi connectivity index (χ1) is 8.69. The number of aromatic nitrogens is 1. The summed E-state index contributed by atoms with van der Waals surface area (Å²) >= 11 is 0. The van der Waals surface area contributed by atoms with Gasteiger partial charge in [-0.25, -0.2) is 4.98 Å². The molecule has 1 aliphatic rings. The third kappa shape index (κ3) is 2.23. The molecule has 6 nitrogen and oxygen atoms in total. The highest BCUT2D eigenvalue weighted by molar-refractivity contribution is 5.55. The summed E-state index contributed by atoms with van der Waals surface area (Å²) in [5, 5.41) is 8.92. The van der Waals surface area contributed by atoms with E-state index >= 15 is 0 Å². The molecule has 2 heterocycles. The molecule has 0 spiro atoms. The second-order valence-corrected chi connectivity index (χ2v) is 4.17. The van der Waals surface area contributed by atoms with Crippen LogP contribution < -0.4 is 10.6 Å². The van der Waals surface area contributed by atoms with Crippen molar-refractivity contribution >= 4 is 11.5 Å². The van der Waals surface area contributed by atoms with Crippen LogP contribution in [0.3, 0.4) is 0 Å². The van der Waals surface area contributed by atoms with E-state index in [1.807, 2.05) is 11.0 Å². The number of rotatable bonds is 3. The van der Waals surface area contributed by atoms with Crippen molar-refractivity contribution in [3.63, 3.8) is 0 Å². The first-order valence-corrected chi connectivity index (χ1v) is 5.66. The molecule has 18 heavy (non-hydrogen) atoms. The zero-order chi connectivity index (χ0) is 13.1. The van der Waals surface area contributed by atoms with Crippen molar-refractivity contribution in [1.82, 2.24) is 4.98 Å². The molecule has 0 aromatic carbocycles. The summed E-state index contributed by atoms with van der Waals surface area (Å²) in [5.41, 5.74) is 6.30. The van der Waals surface area contributed by atoms with Gasteiger partial charge in [0.2, 0.25) is 0 Å². The number of nitriles is 1. The molecule has 1 fully saturated rings. The van der Waals surface area contributed by atoms with Gasteiger partial charge in [-0.2, -0.15) is 5.26 Å². The van der Waals surface area contributed by atoms with Crippen LogP contribution in [0.15, 0.2) is 12.1 Å². The van der Waals surface area contributed by atoms with Crippen molar-refractivity contribution in [1.29, 1.82) is 5.26 Å². The Morgan fingerprint density at radius 3 is 2.44 bits per heavy atom. The summed E-state index contributed by atoms with van der Waals surface area (Å²) < 4.78 is 10.7. The Balaban J connectivity index is 2.21. The van der Waals surface area contributed by atoms with E-state index in [0.717, 1.165) is 5.82 Å². The van der Waals surface area contributed by atoms with Crippen LogP contribution in [0.4, 0.5) is 11.5 Å². The van der Waals surface area contributed by atoms with Crippen LogP contribution in [0.1, 0.15) is 5.69 Å². The maximum atomic E-state index is 8.92. The summed E-state index contributed by atoms with van der Waals surface area (Å²) in [6.45, 7) is 1.38. The molecule has 1 saturated heterocycles. The van der Waals surface area contributed by atoms with Crippen LogP contribution in [-0.2, 0) is 9.47 Å². The molecule has 1 aromatic rings. The lowest BCUT2D eigenvalue weighted by Gasteiger charge is -2.17. The van der Waals surface area contributed by atoms with E-state index in [2.05, 4.69) is 4.98 Å². The van der Waals surface area contributed by atoms with Gasteiger partial charge in [-0.15, -0.1) is 0 Å². The zero-order valence-electron chi connectivity index (χ0n) is 10.5. The van der Waals surface area contributed by atoms with Gasteiger partial charge < -0.3 is 20.1 Å². The molecule has 2 unspecified atom stereocenters. The van der Waals surface area contributed by atoms with Gasteiger partial charge in [0.25, 0.3) is 0 Å². The van der Waals surface area contributed by atoms with Crippen LogP contribution in [0.5, 0.6) is 0 Å². The van der Waals surface area contributed by atoms with E-state index in [1.54, 1.807) is 26.4 Å². The molecule has 0 radical (unpaired) electrons. The minimum Gasteiger partial charge on any atom is -0.396 e. The fourth-order valence-corrected chi connectivity index (χ4v) is 2.11. The van der Waals surface area contributed by atoms with Gasteiger partial charge in [0.15, 0.2) is 5.69 Å². The number of anilines is 2. The molecule has 96 valence electrons. The fraction of sp³-hybridized carbons (Fsp3) is 0.500. The van der Waals surface area contributed by atoms with Crippen molar-refractivity contribution in [3.05, 3.63) is 17.8 Å². The number of nitrogen functional groups attached to an aromatic ring is 1. The van der Waals surface area contributed by atoms with Crippen molar-refractivity contribution in [3.8, 4) is 6.07 Å². The summed E-state index contributed by atoms with van der Waals surface area (Å²) in [6.07, 6.45) is 0.0276. The molecule has 1 aromatic heterocycles. The lowest BCUT2D eigenvalue weighted by Crippen LogP contribution is -2.27. The van der Waals surface area contributed by atoms with Crippen molar-refractivity contribution in [2.24, 2.45) is 0 Å². The molecule has 0 aliphatic carbocycles. The third-order valence-electron chi connectivity index (χ3n) is 3.16. The van der Waals surface area contributed by atoms with Gasteiger partial charge in [0, 0.05) is 27.3 Å². The highest BCUT2D eigenvalue weighted by atomic mass is 16.5. The Labute approximate surface area is 106 Å². The number of methoxy groups -OCH3 is 2. The standard InChI is InChI=1S/C12H16N4O2/c1-17-10-6-16(7-11(10)18-2)12-4-3-8(14)9(5-13)15-12/h3-4,10-11H,6-7,14H2,1-2H3. The smallest absolute Gasteiger partial charge is 0.165 e. The van der Waals surface area contributed by atoms with Gasteiger partial charge in [0.1, 0.15) is 24.1 Å². The van der Waals surface area contributed by atoms with Gasteiger partial charge in [-0.05, 0) is 12.1 Å². The van der Waals surface area contributed by atoms with Crippen molar-refractivity contribution < 1.29 is 9.47 Å². The topological polar surface area (TPSA) is 84.4 Å². The molecular weight excluding hydrogens is 232 g/mol. The van der Waals surface area contributed by atoms with E-state index in [4.69, 9.17) is 20.5 Å². The van der Waals surface area contributed by atoms with Crippen LogP contribution in [-0.4, -0.2) is 44.5 Å². The van der Waals surface area contributed by atoms with Gasteiger partial charge in [-0.1, -0.05) is 0 Å². The summed E-state index contributed by atoms with van der Waals surface area (Å²) in [5.74, 6) is 0.724. The monoisotopic (exact) mass is 248 g/mol. The SMILES string of the molecule is COC1CN(c2ccc(N)c(C#N)n2)CC1OC. The van der Waals surface area contributed by atoms with E-state index in [9.17, 15) is 0 Å². The summed E-state index contributed by atoms with van der Waals surface area (Å²) in [4.78, 5) is 6.27. The van der Waals surface area contributed by atoms with Crippen LogP contribution in [0, 0.1) is 11.3 Å². The van der Waals surface area contributed by atoms with E-state index in [1.165, 1.54) is 0 Å². The predicted octanol–water partition coefficient (Wildman–Crippen LogP) is 0.385. The number of nitrogens with zero attached hydrogens (tertiary/aromatic N) is 3. The van der Waals surface area contributed by atoms with Crippen molar-refractivity contribution in [2.75, 3.05) is 37.9 Å². The minimum absolute atomic E-state index is 0.0138. The molecule has 0 amide bonds. The molecule has 2 N–H and O–H groups in total. The van der Waals surface area contributed by atoms with Crippen LogP contribution in [0.25, 0.3) is 0 Å². The quantitative estimate of drug-likeness (QED) is 0.832. The average molecular weight is 248 g/mol. The molecule has 6 heteroatoms. The molecule has 1 aliphatic heterocycles. The van der Waals surface area contributed by atoms with Crippen molar-refractivity contribution in [2.45, 2.75) is 12.2 Å². The number of pyridine rings is 1. The summed E-state index contributed by atoms with van der Waals surface area (Å²) in [7, 11) is 3.33. The molecule has 2 atom stereocenters. The van der Waals surface area contributed by atoms with Crippen LogP contribution in [0.2, 0.25) is 0 Å². The van der Waals surface area contributed by atoms with E-state index < -0.39 is 0 Å². The third-order valence-corrected chi connectivity index (χ3v) is 3.16. The Hall–Kier alpha value is -1.84.